The Balaban J connectivity index is 2.99. The lowest BCUT2D eigenvalue weighted by Gasteiger charge is -1.96. The number of rotatable bonds is 3. The molecule has 8 heavy (non-hydrogen) atoms. The van der Waals surface area contributed by atoms with Gasteiger partial charge in [-0.2, -0.15) is 0 Å². The number of esters is 1. The first kappa shape index (κ1) is 7.43. The molecule has 0 aliphatic carbocycles. The lowest BCUT2D eigenvalue weighted by atomic mass is 10.5. The molecule has 2 N–H and O–H groups in total. The largest absolute Gasteiger partial charge is 0.464 e. The molecular weight excluding hydrogens is 106 g/mol. The van der Waals surface area contributed by atoms with Crippen molar-refractivity contribution in [3.05, 3.63) is 6.42 Å². The summed E-state index contributed by atoms with van der Waals surface area (Å²) in [5.41, 5.74) is 5.04. The summed E-state index contributed by atoms with van der Waals surface area (Å²) in [5.74, 6) is -0.310. The molecule has 0 aromatic rings. The van der Waals surface area contributed by atoms with E-state index in [1.807, 2.05) is 0 Å². The van der Waals surface area contributed by atoms with Gasteiger partial charge in [-0.1, -0.05) is 6.92 Å². The minimum absolute atomic E-state index is 0.309. The van der Waals surface area contributed by atoms with Gasteiger partial charge in [0.15, 0.2) is 0 Å². The zero-order valence-electron chi connectivity index (χ0n) is 4.89. The quantitative estimate of drug-likeness (QED) is 0.515. The van der Waals surface area contributed by atoms with Crippen LogP contribution in [0, 0.1) is 6.42 Å². The van der Waals surface area contributed by atoms with Crippen LogP contribution in [0.3, 0.4) is 0 Å². The van der Waals surface area contributed by atoms with Crippen molar-refractivity contribution in [1.82, 2.24) is 0 Å². The Hall–Kier alpha value is -0.570. The van der Waals surface area contributed by atoms with Crippen LogP contribution in [0.4, 0.5) is 0 Å². The van der Waals surface area contributed by atoms with Gasteiger partial charge in [0, 0.05) is 6.54 Å². The number of nitrogens with two attached hydrogens (primary N) is 1. The molecular formula is C5H10NO2. The third-order valence-electron chi connectivity index (χ3n) is 0.598. The summed E-state index contributed by atoms with van der Waals surface area (Å²) in [6.45, 7) is 2.32. The zero-order chi connectivity index (χ0) is 6.41. The fraction of sp³-hybridized carbons (Fsp3) is 0.600. The molecule has 0 amide bonds. The normalized spacial score (nSPS) is 8.75. The topological polar surface area (TPSA) is 52.3 Å². The zero-order valence-corrected chi connectivity index (χ0v) is 4.89. The van der Waals surface area contributed by atoms with Crippen molar-refractivity contribution >= 4 is 5.97 Å². The van der Waals surface area contributed by atoms with Crippen LogP contribution in [-0.4, -0.2) is 19.1 Å². The van der Waals surface area contributed by atoms with Crippen LogP contribution in [0.15, 0.2) is 0 Å². The fourth-order valence-electron chi connectivity index (χ4n) is 0.243. The highest BCUT2D eigenvalue weighted by Gasteiger charge is 1.93. The van der Waals surface area contributed by atoms with Crippen LogP contribution in [0.1, 0.15) is 6.92 Å². The van der Waals surface area contributed by atoms with Crippen LogP contribution < -0.4 is 5.73 Å². The van der Waals surface area contributed by atoms with Gasteiger partial charge in [-0.3, -0.25) is 4.79 Å². The molecule has 0 aliphatic heterocycles. The third-order valence-corrected chi connectivity index (χ3v) is 0.598. The average molecular weight is 116 g/mol. The maximum absolute atomic E-state index is 10.2. The summed E-state index contributed by atoms with van der Waals surface area (Å²) in [6, 6.07) is 0. The summed E-state index contributed by atoms with van der Waals surface area (Å²) >= 11 is 0. The van der Waals surface area contributed by atoms with Crippen LogP contribution in [-0.2, 0) is 9.53 Å². The van der Waals surface area contributed by atoms with E-state index in [2.05, 4.69) is 4.74 Å². The Morgan fingerprint density at radius 2 is 2.50 bits per heavy atom. The summed E-state index contributed by atoms with van der Waals surface area (Å²) < 4.78 is 4.52. The molecule has 0 heterocycles. The minimum atomic E-state index is -0.310. The van der Waals surface area contributed by atoms with E-state index in [-0.39, 0.29) is 5.97 Å². The number of carbonyl (C=O) groups excluding carboxylic acids is 1. The van der Waals surface area contributed by atoms with Crippen molar-refractivity contribution in [2.75, 3.05) is 13.2 Å². The van der Waals surface area contributed by atoms with Crippen molar-refractivity contribution in [2.24, 2.45) is 5.73 Å². The summed E-state index contributed by atoms with van der Waals surface area (Å²) in [6.07, 6.45) is 1.36. The highest BCUT2D eigenvalue weighted by atomic mass is 16.5. The predicted octanol–water partition coefficient (Wildman–Crippen LogP) is -0.288. The van der Waals surface area contributed by atoms with E-state index in [0.29, 0.717) is 13.2 Å². The molecule has 0 rings (SSSR count). The van der Waals surface area contributed by atoms with Gasteiger partial charge in [-0.05, 0) is 0 Å². The van der Waals surface area contributed by atoms with Gasteiger partial charge in [0.2, 0.25) is 0 Å². The van der Waals surface area contributed by atoms with Crippen molar-refractivity contribution < 1.29 is 9.53 Å². The Morgan fingerprint density at radius 1 is 1.88 bits per heavy atom. The fourth-order valence-corrected chi connectivity index (χ4v) is 0.243. The maximum Gasteiger partial charge on any atom is 0.309 e. The van der Waals surface area contributed by atoms with Crippen molar-refractivity contribution in [3.63, 3.8) is 0 Å². The van der Waals surface area contributed by atoms with E-state index < -0.39 is 0 Å². The van der Waals surface area contributed by atoms with E-state index >= 15 is 0 Å². The molecule has 0 saturated heterocycles. The molecule has 3 heteroatoms. The highest BCUT2D eigenvalue weighted by Crippen LogP contribution is 1.79. The van der Waals surface area contributed by atoms with E-state index in [1.54, 1.807) is 6.92 Å². The second-order valence-electron chi connectivity index (χ2n) is 1.24. The van der Waals surface area contributed by atoms with Crippen LogP contribution >= 0.6 is 0 Å². The first-order valence-electron chi connectivity index (χ1n) is 2.47. The predicted molar refractivity (Wildman–Crippen MR) is 30.0 cm³/mol. The van der Waals surface area contributed by atoms with Gasteiger partial charge in [0.05, 0.1) is 6.42 Å². The van der Waals surface area contributed by atoms with Crippen molar-refractivity contribution in [2.45, 2.75) is 6.92 Å². The Bertz CT molecular complexity index is 72.8. The number of carbonyl (C=O) groups is 1. The average Bonchev–Trinajstić information content (AvgIpc) is 1.83. The van der Waals surface area contributed by atoms with Gasteiger partial charge in [-0.15, -0.1) is 0 Å². The number of ether oxygens (including phenoxy) is 1. The summed E-state index contributed by atoms with van der Waals surface area (Å²) in [7, 11) is 0. The van der Waals surface area contributed by atoms with Gasteiger partial charge < -0.3 is 10.5 Å². The highest BCUT2D eigenvalue weighted by molar-refractivity contribution is 5.78. The van der Waals surface area contributed by atoms with Gasteiger partial charge in [0.25, 0.3) is 0 Å². The number of hydrogen-bond donors (Lipinski definition) is 1. The molecule has 0 spiro atoms. The second-order valence-corrected chi connectivity index (χ2v) is 1.24. The van der Waals surface area contributed by atoms with Gasteiger partial charge in [-0.25, -0.2) is 0 Å². The van der Waals surface area contributed by atoms with Gasteiger partial charge >= 0.3 is 5.97 Å². The van der Waals surface area contributed by atoms with Gasteiger partial charge in [0.1, 0.15) is 6.61 Å². The molecule has 0 aromatic heterocycles. The van der Waals surface area contributed by atoms with Crippen LogP contribution in [0.25, 0.3) is 0 Å². The molecule has 0 aromatic carbocycles. The Kier molecular flexibility index (Phi) is 4.26. The van der Waals surface area contributed by atoms with E-state index in [4.69, 9.17) is 5.73 Å². The summed E-state index contributed by atoms with van der Waals surface area (Å²) in [4.78, 5) is 10.2. The molecule has 0 bridgehead atoms. The molecule has 0 atom stereocenters. The van der Waals surface area contributed by atoms with E-state index in [1.165, 1.54) is 6.42 Å². The monoisotopic (exact) mass is 116 g/mol. The maximum atomic E-state index is 10.2. The molecule has 1 radical (unpaired) electrons. The van der Waals surface area contributed by atoms with E-state index in [9.17, 15) is 4.79 Å². The van der Waals surface area contributed by atoms with E-state index in [0.717, 1.165) is 0 Å². The first-order chi connectivity index (χ1) is 3.81. The third kappa shape index (κ3) is 3.61. The minimum Gasteiger partial charge on any atom is -0.464 e. The Labute approximate surface area is 48.8 Å². The standard InChI is InChI=1S/C5H10NO2/c1-2-5(7)8-4-3-6/h2H,3-4,6H2,1H3. The molecule has 3 nitrogen and oxygen atoms in total. The molecule has 47 valence electrons. The molecule has 0 saturated carbocycles. The lowest BCUT2D eigenvalue weighted by Crippen LogP contribution is -2.12. The smallest absolute Gasteiger partial charge is 0.309 e. The first-order valence-corrected chi connectivity index (χ1v) is 2.47. The molecule has 0 unspecified atom stereocenters. The Morgan fingerprint density at radius 3 is 2.88 bits per heavy atom. The molecule has 0 fully saturated rings. The second kappa shape index (κ2) is 4.59. The molecule has 0 aliphatic rings. The summed E-state index contributed by atoms with van der Waals surface area (Å²) in [5, 5.41) is 0. The van der Waals surface area contributed by atoms with Crippen LogP contribution in [0.5, 0.6) is 0 Å². The van der Waals surface area contributed by atoms with Crippen molar-refractivity contribution in [1.29, 1.82) is 0 Å². The van der Waals surface area contributed by atoms with Crippen LogP contribution in [0.2, 0.25) is 0 Å². The SMILES string of the molecule is C[CH]C(=O)OCCN. The van der Waals surface area contributed by atoms with Crippen molar-refractivity contribution in [3.8, 4) is 0 Å². The lowest BCUT2D eigenvalue weighted by molar-refractivity contribution is -0.139. The number of hydrogen-bond acceptors (Lipinski definition) is 3.